The molecule has 0 saturated heterocycles. The number of anilines is 1. The summed E-state index contributed by atoms with van der Waals surface area (Å²) < 4.78 is 11.1. The highest BCUT2D eigenvalue weighted by Crippen LogP contribution is 2.40. The Labute approximate surface area is 181 Å². The molecule has 0 saturated carbocycles. The molecule has 0 spiro atoms. The molecule has 2 aromatic carbocycles. The van der Waals surface area contributed by atoms with Crippen molar-refractivity contribution in [2.45, 2.75) is 45.8 Å². The second kappa shape index (κ2) is 8.59. The van der Waals surface area contributed by atoms with Crippen molar-refractivity contribution in [1.29, 1.82) is 0 Å². The first-order valence-corrected chi connectivity index (χ1v) is 10.3. The van der Waals surface area contributed by atoms with Gasteiger partial charge in [-0.1, -0.05) is 23.7 Å². The predicted molar refractivity (Wildman–Crippen MR) is 120 cm³/mol. The van der Waals surface area contributed by atoms with Crippen LogP contribution in [0, 0.1) is 6.92 Å². The topological polar surface area (TPSA) is 59.6 Å². The van der Waals surface area contributed by atoms with Crippen molar-refractivity contribution in [3.63, 3.8) is 0 Å². The Morgan fingerprint density at radius 1 is 1.31 bits per heavy atom. The van der Waals surface area contributed by atoms with Gasteiger partial charge in [-0.15, -0.1) is 0 Å². The zero-order chi connectivity index (χ0) is 21.2. The Balaban J connectivity index is 1.73. The van der Waals surface area contributed by atoms with Crippen LogP contribution in [-0.2, 0) is 4.74 Å². The molecule has 154 valence electrons. The van der Waals surface area contributed by atoms with Crippen LogP contribution in [0.4, 0.5) is 5.69 Å². The molecule has 0 radical (unpaired) electrons. The number of aryl methyl sites for hydroxylation is 1. The number of nitrogens with one attached hydrogen (secondary N) is 2. The fourth-order valence-corrected chi connectivity index (χ4v) is 3.90. The maximum atomic E-state index is 11.9. The molecular weight excluding hydrogens is 408 g/mol. The summed E-state index contributed by atoms with van der Waals surface area (Å²) in [5, 5.41) is 7.30. The van der Waals surface area contributed by atoms with E-state index in [1.807, 2.05) is 6.92 Å². The summed E-state index contributed by atoms with van der Waals surface area (Å²) in [6.45, 7) is 8.23. The van der Waals surface area contributed by atoms with Gasteiger partial charge >= 0.3 is 5.97 Å². The van der Waals surface area contributed by atoms with Crippen molar-refractivity contribution in [2.75, 3.05) is 11.9 Å². The smallest absolute Gasteiger partial charge is 0.339 e. The maximum absolute atomic E-state index is 11.9. The summed E-state index contributed by atoms with van der Waals surface area (Å²) in [5.74, 6) is 0.435. The lowest BCUT2D eigenvalue weighted by Gasteiger charge is -2.38. The molecule has 0 fully saturated rings. The molecule has 1 heterocycles. The Kier molecular flexibility index (Phi) is 6.34. The van der Waals surface area contributed by atoms with Crippen molar-refractivity contribution in [1.82, 2.24) is 5.32 Å². The minimum Gasteiger partial charge on any atom is -0.487 e. The molecule has 7 heteroatoms. The first-order valence-electron chi connectivity index (χ1n) is 9.52. The van der Waals surface area contributed by atoms with E-state index in [1.165, 1.54) is 0 Å². The number of halogens is 1. The molecular formula is C22H25ClN2O3S. The fourth-order valence-electron chi connectivity index (χ4n) is 3.38. The van der Waals surface area contributed by atoms with E-state index < -0.39 is 5.97 Å². The fraction of sp³-hybridized carbons (Fsp3) is 0.364. The Bertz CT molecular complexity index is 946. The van der Waals surface area contributed by atoms with Crippen LogP contribution in [0.5, 0.6) is 5.75 Å². The lowest BCUT2D eigenvalue weighted by Crippen LogP contribution is -2.42. The zero-order valence-electron chi connectivity index (χ0n) is 17.0. The monoisotopic (exact) mass is 432 g/mol. The van der Waals surface area contributed by atoms with E-state index in [-0.39, 0.29) is 11.6 Å². The first-order chi connectivity index (χ1) is 13.7. The highest BCUT2D eigenvalue weighted by molar-refractivity contribution is 7.80. The van der Waals surface area contributed by atoms with Gasteiger partial charge in [-0.05, 0) is 69.7 Å². The Morgan fingerprint density at radius 3 is 2.76 bits per heavy atom. The largest absolute Gasteiger partial charge is 0.487 e. The summed E-state index contributed by atoms with van der Waals surface area (Å²) in [4.78, 5) is 11.9. The summed E-state index contributed by atoms with van der Waals surface area (Å²) in [5.41, 5.74) is 2.94. The van der Waals surface area contributed by atoms with Gasteiger partial charge in [-0.2, -0.15) is 0 Å². The third-order valence-corrected chi connectivity index (χ3v) is 5.19. The van der Waals surface area contributed by atoms with E-state index >= 15 is 0 Å². The number of carbonyl (C=O) groups is 1. The minimum absolute atomic E-state index is 0.0172. The molecule has 0 unspecified atom stereocenters. The molecule has 0 aromatic heterocycles. The van der Waals surface area contributed by atoms with E-state index in [1.54, 1.807) is 25.1 Å². The molecule has 1 aliphatic rings. The maximum Gasteiger partial charge on any atom is 0.339 e. The number of carbonyl (C=O) groups excluding carboxylic acids is 1. The second-order valence-electron chi connectivity index (χ2n) is 7.67. The van der Waals surface area contributed by atoms with Gasteiger partial charge in [0.1, 0.15) is 11.4 Å². The number of esters is 1. The first kappa shape index (κ1) is 21.4. The number of rotatable bonds is 4. The van der Waals surface area contributed by atoms with Gasteiger partial charge in [-0.3, -0.25) is 0 Å². The van der Waals surface area contributed by atoms with E-state index in [0.717, 1.165) is 23.3 Å². The number of hydrogen-bond donors (Lipinski definition) is 2. The molecule has 0 amide bonds. The normalized spacial score (nSPS) is 16.9. The number of thiocarbonyl (C=S) groups is 1. The van der Waals surface area contributed by atoms with Crippen LogP contribution >= 0.6 is 23.8 Å². The summed E-state index contributed by atoms with van der Waals surface area (Å²) in [6.07, 6.45) is 0.771. The van der Waals surface area contributed by atoms with Crippen molar-refractivity contribution < 1.29 is 14.3 Å². The molecule has 5 nitrogen and oxygen atoms in total. The second-order valence-corrected chi connectivity index (χ2v) is 8.49. The lowest BCUT2D eigenvalue weighted by atomic mass is 9.89. The van der Waals surface area contributed by atoms with Crippen LogP contribution < -0.4 is 15.4 Å². The average Bonchev–Trinajstić information content (AvgIpc) is 2.60. The lowest BCUT2D eigenvalue weighted by molar-refractivity contribution is 0.0526. The van der Waals surface area contributed by atoms with Crippen molar-refractivity contribution in [2.24, 2.45) is 0 Å². The molecule has 2 N–H and O–H groups in total. The molecule has 29 heavy (non-hydrogen) atoms. The molecule has 0 aliphatic carbocycles. The number of ether oxygens (including phenoxy) is 2. The molecule has 1 atom stereocenters. The van der Waals surface area contributed by atoms with E-state index in [2.05, 4.69) is 42.7 Å². The van der Waals surface area contributed by atoms with Crippen molar-refractivity contribution >= 4 is 40.6 Å². The quantitative estimate of drug-likeness (QED) is 0.497. The van der Waals surface area contributed by atoms with Crippen LogP contribution in [0.3, 0.4) is 0 Å². The van der Waals surface area contributed by atoms with Crippen LogP contribution in [-0.4, -0.2) is 23.3 Å². The molecule has 1 aliphatic heterocycles. The summed E-state index contributed by atoms with van der Waals surface area (Å²) >= 11 is 11.8. The third-order valence-electron chi connectivity index (χ3n) is 4.65. The van der Waals surface area contributed by atoms with Gasteiger partial charge in [0.05, 0.1) is 23.2 Å². The van der Waals surface area contributed by atoms with Crippen molar-refractivity contribution in [3.05, 3.63) is 58.1 Å². The van der Waals surface area contributed by atoms with E-state index in [9.17, 15) is 4.79 Å². The average molecular weight is 433 g/mol. The SMILES string of the molecule is CCOC(=O)c1ccc(NC(=S)N[C@H]2CC(C)(C)Oc3cc(C)ccc32)cc1Cl. The zero-order valence-corrected chi connectivity index (χ0v) is 18.5. The molecule has 0 bridgehead atoms. The van der Waals surface area contributed by atoms with Crippen LogP contribution in [0.25, 0.3) is 0 Å². The standard InChI is InChI=1S/C22H25ClN2O3S/c1-5-27-20(26)15-9-7-14(11-17(15)23)24-21(29)25-18-12-22(3,4)28-19-10-13(2)6-8-16(18)19/h6-11,18H,5,12H2,1-4H3,(H2,24,25,29)/t18-/m0/s1. The molecule has 3 rings (SSSR count). The van der Waals surface area contributed by atoms with Crippen LogP contribution in [0.1, 0.15) is 54.7 Å². The number of fused-ring (bicyclic) bond motifs is 1. The number of hydrogen-bond acceptors (Lipinski definition) is 4. The summed E-state index contributed by atoms with van der Waals surface area (Å²) in [7, 11) is 0. The minimum atomic E-state index is -0.443. The predicted octanol–water partition coefficient (Wildman–Crippen LogP) is 5.41. The van der Waals surface area contributed by atoms with Gasteiger partial charge < -0.3 is 20.1 Å². The van der Waals surface area contributed by atoms with Gasteiger partial charge in [0, 0.05) is 17.7 Å². The van der Waals surface area contributed by atoms with Crippen LogP contribution in [0.2, 0.25) is 5.02 Å². The van der Waals surface area contributed by atoms with E-state index in [4.69, 9.17) is 33.3 Å². The number of benzene rings is 2. The van der Waals surface area contributed by atoms with E-state index in [0.29, 0.717) is 28.0 Å². The Hall–Kier alpha value is -2.31. The highest BCUT2D eigenvalue weighted by Gasteiger charge is 2.34. The third kappa shape index (κ3) is 5.19. The molecule has 2 aromatic rings. The van der Waals surface area contributed by atoms with Gasteiger partial charge in [-0.25, -0.2) is 4.79 Å². The highest BCUT2D eigenvalue weighted by atomic mass is 35.5. The van der Waals surface area contributed by atoms with Gasteiger partial charge in [0.2, 0.25) is 0 Å². The van der Waals surface area contributed by atoms with Gasteiger partial charge in [0.15, 0.2) is 5.11 Å². The van der Waals surface area contributed by atoms with Gasteiger partial charge in [0.25, 0.3) is 0 Å². The van der Waals surface area contributed by atoms with Crippen LogP contribution in [0.15, 0.2) is 36.4 Å². The van der Waals surface area contributed by atoms with Crippen molar-refractivity contribution in [3.8, 4) is 5.75 Å². The summed E-state index contributed by atoms with van der Waals surface area (Å²) in [6, 6.07) is 11.2. The Morgan fingerprint density at radius 2 is 2.07 bits per heavy atom.